The van der Waals surface area contributed by atoms with E-state index >= 15 is 0 Å². The number of ketones is 1. The fourth-order valence-corrected chi connectivity index (χ4v) is 1.12. The second-order valence-electron chi connectivity index (χ2n) is 3.14. The van der Waals surface area contributed by atoms with E-state index in [0.717, 1.165) is 0 Å². The average Bonchev–Trinajstić information content (AvgIpc) is 2.18. The summed E-state index contributed by atoms with van der Waals surface area (Å²) >= 11 is 0. The third-order valence-electron chi connectivity index (χ3n) is 1.77. The van der Waals surface area contributed by atoms with Gasteiger partial charge in [0.2, 0.25) is 0 Å². The van der Waals surface area contributed by atoms with Crippen molar-refractivity contribution in [3.63, 3.8) is 0 Å². The van der Waals surface area contributed by atoms with Crippen LogP contribution in [-0.4, -0.2) is 23.3 Å². The second kappa shape index (κ2) is 5.24. The molecule has 4 heteroatoms. The number of ether oxygens (including phenoxy) is 1. The maximum atomic E-state index is 11.2. The van der Waals surface area contributed by atoms with E-state index in [0.29, 0.717) is 24.3 Å². The smallest absolute Gasteiger partial charge is 0.339 e. The molecule has 0 aliphatic heterocycles. The summed E-state index contributed by atoms with van der Waals surface area (Å²) in [6, 6.07) is 3.27. The van der Waals surface area contributed by atoms with Crippen molar-refractivity contribution in [1.29, 1.82) is 0 Å². The Morgan fingerprint density at radius 1 is 1.40 bits per heavy atom. The molecule has 0 N–H and O–H groups in total. The van der Waals surface area contributed by atoms with Crippen molar-refractivity contribution in [2.45, 2.75) is 20.3 Å². The number of esters is 1. The molecule has 0 bridgehead atoms. The number of Topliss-reactive ketones (excluding diaryl/α,β-unsaturated/α-hetero) is 1. The minimum absolute atomic E-state index is 0.0476. The van der Waals surface area contributed by atoms with Crippen molar-refractivity contribution in [3.05, 3.63) is 29.6 Å². The summed E-state index contributed by atoms with van der Waals surface area (Å²) in [4.78, 5) is 26.1. The van der Waals surface area contributed by atoms with Crippen molar-refractivity contribution >= 4 is 11.8 Å². The van der Waals surface area contributed by atoms with E-state index in [9.17, 15) is 9.59 Å². The van der Waals surface area contributed by atoms with E-state index in [2.05, 4.69) is 4.98 Å². The molecule has 0 aliphatic rings. The molecule has 1 aromatic rings. The van der Waals surface area contributed by atoms with Crippen LogP contribution in [0.1, 0.15) is 29.9 Å². The van der Waals surface area contributed by atoms with Crippen LogP contribution in [0.2, 0.25) is 0 Å². The number of hydrogen-bond donors (Lipinski definition) is 0. The Morgan fingerprint density at radius 2 is 2.13 bits per heavy atom. The fourth-order valence-electron chi connectivity index (χ4n) is 1.12. The van der Waals surface area contributed by atoms with Gasteiger partial charge < -0.3 is 4.74 Å². The van der Waals surface area contributed by atoms with Gasteiger partial charge in [-0.25, -0.2) is 4.79 Å². The molecule has 80 valence electrons. The summed E-state index contributed by atoms with van der Waals surface area (Å²) in [5.74, 6) is -0.342. The van der Waals surface area contributed by atoms with Crippen LogP contribution in [0.4, 0.5) is 0 Å². The van der Waals surface area contributed by atoms with E-state index in [1.54, 1.807) is 19.1 Å². The van der Waals surface area contributed by atoms with Gasteiger partial charge >= 0.3 is 5.97 Å². The van der Waals surface area contributed by atoms with Gasteiger partial charge in [-0.1, -0.05) is 0 Å². The Kier molecular flexibility index (Phi) is 3.97. The molecule has 4 nitrogen and oxygen atoms in total. The zero-order chi connectivity index (χ0) is 11.3. The number of aromatic nitrogens is 1. The second-order valence-corrected chi connectivity index (χ2v) is 3.14. The number of rotatable bonds is 4. The highest BCUT2D eigenvalue weighted by Gasteiger charge is 2.06. The number of pyridine rings is 1. The average molecular weight is 207 g/mol. The van der Waals surface area contributed by atoms with Crippen LogP contribution in [-0.2, 0) is 16.0 Å². The predicted octanol–water partition coefficient (Wildman–Crippen LogP) is 1.39. The van der Waals surface area contributed by atoms with Crippen molar-refractivity contribution < 1.29 is 14.3 Å². The van der Waals surface area contributed by atoms with Gasteiger partial charge in [-0.15, -0.1) is 0 Å². The van der Waals surface area contributed by atoms with E-state index in [-0.39, 0.29) is 11.8 Å². The summed E-state index contributed by atoms with van der Waals surface area (Å²) < 4.78 is 4.80. The number of hydrogen-bond acceptors (Lipinski definition) is 4. The van der Waals surface area contributed by atoms with Crippen LogP contribution in [0.3, 0.4) is 0 Å². The standard InChI is InChI=1S/C11H13NO3/c1-3-15-11(14)9-4-5-10(12-7-9)6-8(2)13/h4-5,7H,3,6H2,1-2H3. The lowest BCUT2D eigenvalue weighted by molar-refractivity contribution is -0.116. The first-order valence-corrected chi connectivity index (χ1v) is 4.75. The van der Waals surface area contributed by atoms with Crippen LogP contribution in [0.15, 0.2) is 18.3 Å². The highest BCUT2D eigenvalue weighted by Crippen LogP contribution is 2.03. The van der Waals surface area contributed by atoms with Gasteiger partial charge in [-0.05, 0) is 26.0 Å². The first kappa shape index (κ1) is 11.4. The van der Waals surface area contributed by atoms with E-state index in [4.69, 9.17) is 4.74 Å². The van der Waals surface area contributed by atoms with Gasteiger partial charge in [0.25, 0.3) is 0 Å². The van der Waals surface area contributed by atoms with Crippen molar-refractivity contribution in [2.75, 3.05) is 6.61 Å². The van der Waals surface area contributed by atoms with Crippen LogP contribution in [0.5, 0.6) is 0 Å². The quantitative estimate of drug-likeness (QED) is 0.700. The van der Waals surface area contributed by atoms with Crippen LogP contribution >= 0.6 is 0 Å². The Morgan fingerprint density at radius 3 is 2.60 bits per heavy atom. The van der Waals surface area contributed by atoms with Gasteiger partial charge in [0.1, 0.15) is 5.78 Å². The van der Waals surface area contributed by atoms with Crippen LogP contribution in [0.25, 0.3) is 0 Å². The molecule has 0 saturated heterocycles. The van der Waals surface area contributed by atoms with Gasteiger partial charge in [-0.2, -0.15) is 0 Å². The van der Waals surface area contributed by atoms with Gasteiger partial charge in [0.05, 0.1) is 12.2 Å². The Bertz CT molecular complexity index is 357. The maximum absolute atomic E-state index is 11.2. The topological polar surface area (TPSA) is 56.3 Å². The molecule has 1 aromatic heterocycles. The molecule has 0 radical (unpaired) electrons. The lowest BCUT2D eigenvalue weighted by Gasteiger charge is -2.01. The molecule has 0 aliphatic carbocycles. The molecular weight excluding hydrogens is 194 g/mol. The molecule has 0 saturated carbocycles. The molecule has 1 rings (SSSR count). The SMILES string of the molecule is CCOC(=O)c1ccc(CC(C)=O)nc1. The molecule has 15 heavy (non-hydrogen) atoms. The van der Waals surface area contributed by atoms with Gasteiger partial charge in [-0.3, -0.25) is 9.78 Å². The lowest BCUT2D eigenvalue weighted by Crippen LogP contribution is -2.06. The summed E-state index contributed by atoms with van der Waals surface area (Å²) in [6.45, 7) is 3.59. The third-order valence-corrected chi connectivity index (χ3v) is 1.77. The van der Waals surface area contributed by atoms with Crippen LogP contribution < -0.4 is 0 Å². The fraction of sp³-hybridized carbons (Fsp3) is 0.364. The number of carbonyl (C=O) groups excluding carboxylic acids is 2. The summed E-state index contributed by atoms with van der Waals surface area (Å²) in [5.41, 5.74) is 1.07. The minimum Gasteiger partial charge on any atom is -0.462 e. The molecule has 0 fully saturated rings. The van der Waals surface area contributed by atoms with Crippen LogP contribution in [0, 0.1) is 0 Å². The molecule has 0 atom stereocenters. The zero-order valence-electron chi connectivity index (χ0n) is 8.82. The van der Waals surface area contributed by atoms with E-state index in [1.165, 1.54) is 13.1 Å². The summed E-state index contributed by atoms with van der Waals surface area (Å²) in [5, 5.41) is 0. The molecular formula is C11H13NO3. The zero-order valence-corrected chi connectivity index (χ0v) is 8.82. The molecule has 0 unspecified atom stereocenters. The van der Waals surface area contributed by atoms with E-state index < -0.39 is 0 Å². The van der Waals surface area contributed by atoms with Gasteiger partial charge in [0.15, 0.2) is 0 Å². The first-order chi connectivity index (χ1) is 7.13. The summed E-state index contributed by atoms with van der Waals surface area (Å²) in [7, 11) is 0. The first-order valence-electron chi connectivity index (χ1n) is 4.75. The van der Waals surface area contributed by atoms with Crippen molar-refractivity contribution in [3.8, 4) is 0 Å². The Balaban J connectivity index is 2.71. The molecule has 0 amide bonds. The molecule has 0 aromatic carbocycles. The molecule has 0 spiro atoms. The minimum atomic E-state index is -0.389. The summed E-state index contributed by atoms with van der Waals surface area (Å²) in [6.07, 6.45) is 1.72. The molecule has 1 heterocycles. The highest BCUT2D eigenvalue weighted by atomic mass is 16.5. The predicted molar refractivity (Wildman–Crippen MR) is 54.6 cm³/mol. The highest BCUT2D eigenvalue weighted by molar-refractivity contribution is 5.89. The van der Waals surface area contributed by atoms with Gasteiger partial charge in [0, 0.05) is 18.3 Å². The number of nitrogens with zero attached hydrogens (tertiary/aromatic N) is 1. The Hall–Kier alpha value is -1.71. The van der Waals surface area contributed by atoms with Crippen molar-refractivity contribution in [2.24, 2.45) is 0 Å². The monoisotopic (exact) mass is 207 g/mol. The van der Waals surface area contributed by atoms with Crippen molar-refractivity contribution in [1.82, 2.24) is 4.98 Å². The lowest BCUT2D eigenvalue weighted by atomic mass is 10.2. The number of carbonyl (C=O) groups is 2. The maximum Gasteiger partial charge on any atom is 0.339 e. The Labute approximate surface area is 88.3 Å². The van der Waals surface area contributed by atoms with E-state index in [1.807, 2.05) is 0 Å². The third kappa shape index (κ3) is 3.50. The largest absolute Gasteiger partial charge is 0.462 e. The normalized spacial score (nSPS) is 9.73.